The molecular weight excluding hydrogens is 388 g/mol. The van der Waals surface area contributed by atoms with E-state index in [1.807, 2.05) is 24.3 Å². The molecule has 2 aromatic carbocycles. The molecule has 3 aromatic rings. The molecule has 1 saturated heterocycles. The predicted molar refractivity (Wildman–Crippen MR) is 125 cm³/mol. The van der Waals surface area contributed by atoms with E-state index in [1.54, 1.807) is 14.2 Å². The second-order valence-electron chi connectivity index (χ2n) is 7.92. The minimum absolute atomic E-state index is 0.270. The summed E-state index contributed by atoms with van der Waals surface area (Å²) < 4.78 is 7.58. The first-order valence-electron chi connectivity index (χ1n) is 10.9. The van der Waals surface area contributed by atoms with Gasteiger partial charge in [0.1, 0.15) is 11.6 Å². The third-order valence-corrected chi connectivity index (χ3v) is 6.04. The number of aryl methyl sites for hydroxylation is 1. The Bertz CT molecular complexity index is 1040. The molecule has 1 fully saturated rings. The molecule has 7 nitrogen and oxygen atoms in total. The van der Waals surface area contributed by atoms with E-state index >= 15 is 0 Å². The average molecular weight is 421 g/mol. The van der Waals surface area contributed by atoms with Crippen molar-refractivity contribution in [1.29, 1.82) is 0 Å². The van der Waals surface area contributed by atoms with Gasteiger partial charge >= 0.3 is 0 Å². The summed E-state index contributed by atoms with van der Waals surface area (Å²) in [6.07, 6.45) is 2.50. The Hall–Kier alpha value is -3.06. The van der Waals surface area contributed by atoms with E-state index in [1.165, 1.54) is 18.4 Å². The Balaban J connectivity index is 1.43. The molecule has 7 heteroatoms. The maximum Gasteiger partial charge on any atom is 0.191 e. The van der Waals surface area contributed by atoms with E-state index < -0.39 is 0 Å². The van der Waals surface area contributed by atoms with Gasteiger partial charge in [-0.05, 0) is 55.8 Å². The summed E-state index contributed by atoms with van der Waals surface area (Å²) in [7, 11) is 5.57. The van der Waals surface area contributed by atoms with Crippen LogP contribution in [0.3, 0.4) is 0 Å². The zero-order valence-electron chi connectivity index (χ0n) is 18.6. The third-order valence-electron chi connectivity index (χ3n) is 6.04. The molecule has 1 aromatic heterocycles. The predicted octanol–water partition coefficient (Wildman–Crippen LogP) is 3.08. The molecular formula is C24H32N6O. The van der Waals surface area contributed by atoms with Crippen LogP contribution in [0.2, 0.25) is 0 Å². The summed E-state index contributed by atoms with van der Waals surface area (Å²) in [6.45, 7) is 3.62. The Kier molecular flexibility index (Phi) is 6.72. The molecule has 0 spiro atoms. The lowest BCUT2D eigenvalue weighted by Crippen LogP contribution is -2.42. The maximum absolute atomic E-state index is 5.45. The minimum Gasteiger partial charge on any atom is -0.497 e. The van der Waals surface area contributed by atoms with Crippen molar-refractivity contribution in [1.82, 2.24) is 25.1 Å². The highest BCUT2D eigenvalue weighted by Crippen LogP contribution is 2.27. The van der Waals surface area contributed by atoms with Gasteiger partial charge in [-0.2, -0.15) is 0 Å². The van der Waals surface area contributed by atoms with E-state index in [4.69, 9.17) is 9.72 Å². The summed E-state index contributed by atoms with van der Waals surface area (Å²) in [5.41, 5.74) is 3.41. The molecule has 1 unspecified atom stereocenters. The zero-order valence-corrected chi connectivity index (χ0v) is 18.6. The number of ether oxygens (including phenoxy) is 1. The first kappa shape index (κ1) is 21.2. The van der Waals surface area contributed by atoms with Crippen LogP contribution >= 0.6 is 0 Å². The average Bonchev–Trinajstić information content (AvgIpc) is 3.45. The van der Waals surface area contributed by atoms with Gasteiger partial charge in [-0.3, -0.25) is 9.89 Å². The Morgan fingerprint density at radius 2 is 1.94 bits per heavy atom. The molecule has 31 heavy (non-hydrogen) atoms. The number of hydrogen-bond acceptors (Lipinski definition) is 4. The van der Waals surface area contributed by atoms with Crippen LogP contribution in [-0.4, -0.2) is 54.2 Å². The number of hydrogen-bond donors (Lipinski definition) is 2. The molecule has 4 rings (SSSR count). The van der Waals surface area contributed by atoms with Crippen molar-refractivity contribution >= 4 is 17.0 Å². The molecule has 164 valence electrons. The molecule has 2 N–H and O–H groups in total. The normalized spacial score (nSPS) is 15.9. The van der Waals surface area contributed by atoms with E-state index in [9.17, 15) is 0 Å². The van der Waals surface area contributed by atoms with Crippen molar-refractivity contribution in [2.75, 3.05) is 33.8 Å². The van der Waals surface area contributed by atoms with Gasteiger partial charge < -0.3 is 19.9 Å². The van der Waals surface area contributed by atoms with Crippen LogP contribution in [0.15, 0.2) is 53.5 Å². The van der Waals surface area contributed by atoms with E-state index in [0.29, 0.717) is 6.54 Å². The maximum atomic E-state index is 5.45. The molecule has 2 heterocycles. The number of guanidine groups is 1. The number of methoxy groups -OCH3 is 1. The van der Waals surface area contributed by atoms with Crippen molar-refractivity contribution in [3.8, 4) is 5.75 Å². The first-order chi connectivity index (χ1) is 15.2. The Morgan fingerprint density at radius 1 is 1.13 bits per heavy atom. The monoisotopic (exact) mass is 420 g/mol. The largest absolute Gasteiger partial charge is 0.497 e. The summed E-state index contributed by atoms with van der Waals surface area (Å²) in [5.74, 6) is 2.65. The molecule has 0 amide bonds. The summed E-state index contributed by atoms with van der Waals surface area (Å²) in [4.78, 5) is 11.7. The molecule has 0 aliphatic carbocycles. The molecule has 0 bridgehead atoms. The van der Waals surface area contributed by atoms with Gasteiger partial charge in [0.05, 0.1) is 30.7 Å². The topological polar surface area (TPSA) is 66.7 Å². The highest BCUT2D eigenvalue weighted by Gasteiger charge is 2.24. The molecule has 1 atom stereocenters. The van der Waals surface area contributed by atoms with Crippen LogP contribution in [0.5, 0.6) is 5.75 Å². The number of likely N-dealkylation sites (tertiary alicyclic amines) is 1. The summed E-state index contributed by atoms with van der Waals surface area (Å²) in [6, 6.07) is 16.8. The smallest absolute Gasteiger partial charge is 0.191 e. The number of benzene rings is 2. The second-order valence-corrected chi connectivity index (χ2v) is 7.92. The van der Waals surface area contributed by atoms with Gasteiger partial charge in [0.15, 0.2) is 5.96 Å². The van der Waals surface area contributed by atoms with Crippen molar-refractivity contribution in [3.05, 3.63) is 59.9 Å². The van der Waals surface area contributed by atoms with Gasteiger partial charge in [0.25, 0.3) is 0 Å². The van der Waals surface area contributed by atoms with Gasteiger partial charge in [-0.1, -0.05) is 24.3 Å². The minimum atomic E-state index is 0.270. The fourth-order valence-electron chi connectivity index (χ4n) is 4.29. The zero-order chi connectivity index (χ0) is 21.6. The number of aromatic nitrogens is 2. The van der Waals surface area contributed by atoms with Gasteiger partial charge in [0.2, 0.25) is 0 Å². The number of nitrogens with zero attached hydrogens (tertiary/aromatic N) is 4. The third kappa shape index (κ3) is 4.82. The van der Waals surface area contributed by atoms with Crippen LogP contribution in [0.1, 0.15) is 30.3 Å². The van der Waals surface area contributed by atoms with Crippen molar-refractivity contribution in [3.63, 3.8) is 0 Å². The number of para-hydroxylation sites is 2. The van der Waals surface area contributed by atoms with E-state index in [0.717, 1.165) is 48.2 Å². The highest BCUT2D eigenvalue weighted by molar-refractivity contribution is 5.80. The molecule has 1 aliphatic rings. The van der Waals surface area contributed by atoms with E-state index in [2.05, 4.69) is 56.4 Å². The number of fused-ring (bicyclic) bond motifs is 1. The van der Waals surface area contributed by atoms with Crippen molar-refractivity contribution in [2.24, 2.45) is 12.0 Å². The van der Waals surface area contributed by atoms with Gasteiger partial charge in [0, 0.05) is 20.6 Å². The SMILES string of the molecule is CN=C(NCc1nc2ccccc2n1C)NCC(c1cccc(OC)c1)N1CCCC1. The molecule has 0 radical (unpaired) electrons. The number of aliphatic imine (C=N–C) groups is 1. The second kappa shape index (κ2) is 9.83. The Labute approximate surface area is 184 Å². The van der Waals surface area contributed by atoms with Crippen LogP contribution in [-0.2, 0) is 13.6 Å². The van der Waals surface area contributed by atoms with Gasteiger partial charge in [-0.25, -0.2) is 4.98 Å². The molecule has 0 saturated carbocycles. The number of rotatable bonds is 7. The highest BCUT2D eigenvalue weighted by atomic mass is 16.5. The van der Waals surface area contributed by atoms with Crippen molar-refractivity contribution < 1.29 is 4.74 Å². The lowest BCUT2D eigenvalue weighted by molar-refractivity contribution is 0.245. The first-order valence-corrected chi connectivity index (χ1v) is 10.9. The fraction of sp³-hybridized carbons (Fsp3) is 0.417. The van der Waals surface area contributed by atoms with Crippen LogP contribution in [0.25, 0.3) is 11.0 Å². The fourth-order valence-corrected chi connectivity index (χ4v) is 4.29. The standard InChI is InChI=1S/C24H32N6O/c1-25-24(27-17-23-28-20-11-4-5-12-21(20)29(23)2)26-16-22(30-13-6-7-14-30)18-9-8-10-19(15-18)31-3/h4-5,8-12,15,22H,6-7,13-14,16-17H2,1-3H3,(H2,25,26,27). The quantitative estimate of drug-likeness (QED) is 0.454. The summed E-state index contributed by atoms with van der Waals surface area (Å²) in [5, 5.41) is 6.95. The van der Waals surface area contributed by atoms with Crippen LogP contribution < -0.4 is 15.4 Å². The number of imidazole rings is 1. The van der Waals surface area contributed by atoms with E-state index in [-0.39, 0.29) is 6.04 Å². The lowest BCUT2D eigenvalue weighted by atomic mass is 10.1. The molecule has 1 aliphatic heterocycles. The Morgan fingerprint density at radius 3 is 2.68 bits per heavy atom. The van der Waals surface area contributed by atoms with Crippen molar-refractivity contribution in [2.45, 2.75) is 25.4 Å². The number of nitrogens with one attached hydrogen (secondary N) is 2. The van der Waals surface area contributed by atoms with Gasteiger partial charge in [-0.15, -0.1) is 0 Å². The van der Waals surface area contributed by atoms with Crippen LogP contribution in [0, 0.1) is 0 Å². The van der Waals surface area contributed by atoms with Crippen LogP contribution in [0.4, 0.5) is 0 Å². The summed E-state index contributed by atoms with van der Waals surface area (Å²) >= 11 is 0. The lowest BCUT2D eigenvalue weighted by Gasteiger charge is -2.29.